The molecule has 0 aliphatic rings. The van der Waals surface area contributed by atoms with Crippen molar-refractivity contribution in [3.05, 3.63) is 34.3 Å². The summed E-state index contributed by atoms with van der Waals surface area (Å²) in [5.74, 6) is 0.699. The average molecular weight is 239 g/mol. The molecule has 1 rings (SSSR count). The number of carbonyl (C=O) groups excluding carboxylic acids is 1. The maximum Gasteiger partial charge on any atom is 0.134 e. The molecule has 0 aliphatic carbocycles. The first-order valence-corrected chi connectivity index (χ1v) is 6.24. The van der Waals surface area contributed by atoms with Gasteiger partial charge in [0, 0.05) is 11.4 Å². The topological polar surface area (TPSA) is 17.1 Å². The Hall–Kier alpha value is -0.820. The number of carbonyl (C=O) groups is 1. The van der Waals surface area contributed by atoms with Crippen molar-refractivity contribution < 1.29 is 4.79 Å². The van der Waals surface area contributed by atoms with Crippen LogP contribution in [-0.4, -0.2) is 5.78 Å². The van der Waals surface area contributed by atoms with Crippen molar-refractivity contribution in [1.82, 2.24) is 0 Å². The number of hydrogen-bond acceptors (Lipinski definition) is 1. The summed E-state index contributed by atoms with van der Waals surface area (Å²) in [5.41, 5.74) is 2.21. The molecule has 0 heterocycles. The molecule has 1 aromatic carbocycles. The quantitative estimate of drug-likeness (QED) is 0.744. The van der Waals surface area contributed by atoms with Crippen LogP contribution >= 0.6 is 11.6 Å². The summed E-state index contributed by atoms with van der Waals surface area (Å²) in [7, 11) is 0. The second-order valence-corrected chi connectivity index (χ2v) is 4.66. The van der Waals surface area contributed by atoms with E-state index in [4.69, 9.17) is 11.6 Å². The van der Waals surface area contributed by atoms with Gasteiger partial charge in [0.2, 0.25) is 0 Å². The van der Waals surface area contributed by atoms with Crippen molar-refractivity contribution >= 4 is 17.4 Å². The second kappa shape index (κ2) is 6.05. The predicted molar refractivity (Wildman–Crippen MR) is 69.2 cm³/mol. The van der Waals surface area contributed by atoms with Crippen LogP contribution in [0.1, 0.15) is 50.7 Å². The van der Waals surface area contributed by atoms with Crippen LogP contribution in [0.15, 0.2) is 18.2 Å². The summed E-state index contributed by atoms with van der Waals surface area (Å²) in [6, 6.07) is 6.01. The standard InChI is InChI=1S/C14H19ClO/c1-4-12(5-2)13-7-6-11(8-10(3)16)9-14(13)15/h6-7,9,12H,4-5,8H2,1-3H3. The van der Waals surface area contributed by atoms with Crippen molar-refractivity contribution in [1.29, 1.82) is 0 Å². The summed E-state index contributed by atoms with van der Waals surface area (Å²) < 4.78 is 0. The number of halogens is 1. The summed E-state index contributed by atoms with van der Waals surface area (Å²) in [6.45, 7) is 5.95. The molecule has 88 valence electrons. The molecule has 0 saturated heterocycles. The van der Waals surface area contributed by atoms with Gasteiger partial charge in [-0.3, -0.25) is 4.79 Å². The van der Waals surface area contributed by atoms with E-state index in [9.17, 15) is 4.79 Å². The van der Waals surface area contributed by atoms with Crippen molar-refractivity contribution in [2.24, 2.45) is 0 Å². The zero-order valence-corrected chi connectivity index (χ0v) is 11.0. The van der Waals surface area contributed by atoms with Gasteiger partial charge in [-0.25, -0.2) is 0 Å². The summed E-state index contributed by atoms with van der Waals surface area (Å²) >= 11 is 6.25. The Morgan fingerprint density at radius 1 is 1.31 bits per heavy atom. The Morgan fingerprint density at radius 2 is 1.94 bits per heavy atom. The normalized spacial score (nSPS) is 10.8. The van der Waals surface area contributed by atoms with Crippen LogP contribution in [-0.2, 0) is 11.2 Å². The Balaban J connectivity index is 2.94. The van der Waals surface area contributed by atoms with Gasteiger partial charge < -0.3 is 0 Å². The Bertz CT molecular complexity index is 367. The summed E-state index contributed by atoms with van der Waals surface area (Å²) in [6.07, 6.45) is 2.67. The van der Waals surface area contributed by atoms with Gasteiger partial charge >= 0.3 is 0 Å². The fourth-order valence-electron chi connectivity index (χ4n) is 2.03. The monoisotopic (exact) mass is 238 g/mol. The summed E-state index contributed by atoms with van der Waals surface area (Å²) in [5, 5.41) is 0.799. The number of hydrogen-bond donors (Lipinski definition) is 0. The van der Waals surface area contributed by atoms with E-state index in [0.29, 0.717) is 12.3 Å². The van der Waals surface area contributed by atoms with Crippen LogP contribution in [0.25, 0.3) is 0 Å². The molecule has 0 aliphatic heterocycles. The number of Topliss-reactive ketones (excluding diaryl/α,β-unsaturated/α-hetero) is 1. The van der Waals surface area contributed by atoms with E-state index in [1.54, 1.807) is 6.92 Å². The average Bonchev–Trinajstić information content (AvgIpc) is 2.21. The lowest BCUT2D eigenvalue weighted by atomic mass is 9.92. The smallest absolute Gasteiger partial charge is 0.134 e. The van der Waals surface area contributed by atoms with Crippen LogP contribution < -0.4 is 0 Å². The van der Waals surface area contributed by atoms with Gasteiger partial charge in [0.05, 0.1) is 0 Å². The maximum atomic E-state index is 11.0. The first-order chi connectivity index (χ1) is 7.58. The highest BCUT2D eigenvalue weighted by atomic mass is 35.5. The van der Waals surface area contributed by atoms with E-state index in [1.165, 1.54) is 5.56 Å². The van der Waals surface area contributed by atoms with Crippen molar-refractivity contribution in [2.75, 3.05) is 0 Å². The zero-order valence-electron chi connectivity index (χ0n) is 10.2. The lowest BCUT2D eigenvalue weighted by Gasteiger charge is -2.15. The SMILES string of the molecule is CCC(CC)c1ccc(CC(C)=O)cc1Cl. The minimum absolute atomic E-state index is 0.173. The van der Waals surface area contributed by atoms with Gasteiger partial charge in [0.15, 0.2) is 0 Å². The third-order valence-electron chi connectivity index (χ3n) is 2.94. The van der Waals surface area contributed by atoms with E-state index in [0.717, 1.165) is 23.4 Å². The molecule has 2 heteroatoms. The van der Waals surface area contributed by atoms with E-state index < -0.39 is 0 Å². The molecular weight excluding hydrogens is 220 g/mol. The lowest BCUT2D eigenvalue weighted by Crippen LogP contribution is -2.00. The molecule has 0 fully saturated rings. The van der Waals surface area contributed by atoms with Gasteiger partial charge in [-0.05, 0) is 42.9 Å². The lowest BCUT2D eigenvalue weighted by molar-refractivity contribution is -0.116. The fourth-order valence-corrected chi connectivity index (χ4v) is 2.39. The highest BCUT2D eigenvalue weighted by molar-refractivity contribution is 6.31. The van der Waals surface area contributed by atoms with Gasteiger partial charge in [0.25, 0.3) is 0 Å². The largest absolute Gasteiger partial charge is 0.300 e. The molecule has 0 spiro atoms. The van der Waals surface area contributed by atoms with E-state index in [1.807, 2.05) is 12.1 Å². The Morgan fingerprint density at radius 3 is 2.38 bits per heavy atom. The van der Waals surface area contributed by atoms with E-state index in [-0.39, 0.29) is 5.78 Å². The molecule has 16 heavy (non-hydrogen) atoms. The van der Waals surface area contributed by atoms with Crippen LogP contribution in [0.4, 0.5) is 0 Å². The first kappa shape index (κ1) is 13.2. The molecular formula is C14H19ClO. The second-order valence-electron chi connectivity index (χ2n) is 4.25. The highest BCUT2D eigenvalue weighted by Gasteiger charge is 2.11. The molecule has 0 bridgehead atoms. The van der Waals surface area contributed by atoms with Gasteiger partial charge in [-0.2, -0.15) is 0 Å². The zero-order chi connectivity index (χ0) is 12.1. The third-order valence-corrected chi connectivity index (χ3v) is 3.27. The molecule has 0 N–H and O–H groups in total. The number of rotatable bonds is 5. The molecule has 0 radical (unpaired) electrons. The van der Waals surface area contributed by atoms with Crippen LogP contribution in [0.2, 0.25) is 5.02 Å². The number of benzene rings is 1. The molecule has 0 amide bonds. The predicted octanol–water partition coefficient (Wildman–Crippen LogP) is 4.38. The summed E-state index contributed by atoms with van der Waals surface area (Å²) in [4.78, 5) is 11.0. The van der Waals surface area contributed by atoms with Crippen LogP contribution in [0, 0.1) is 0 Å². The first-order valence-electron chi connectivity index (χ1n) is 5.86. The highest BCUT2D eigenvalue weighted by Crippen LogP contribution is 2.30. The molecule has 1 aromatic rings. The van der Waals surface area contributed by atoms with Gasteiger partial charge in [0.1, 0.15) is 5.78 Å². The fraction of sp³-hybridized carbons (Fsp3) is 0.500. The molecule has 1 nitrogen and oxygen atoms in total. The van der Waals surface area contributed by atoms with Crippen molar-refractivity contribution in [2.45, 2.75) is 46.0 Å². The van der Waals surface area contributed by atoms with Crippen LogP contribution in [0.3, 0.4) is 0 Å². The molecule has 0 aromatic heterocycles. The minimum Gasteiger partial charge on any atom is -0.300 e. The molecule has 0 atom stereocenters. The van der Waals surface area contributed by atoms with Gasteiger partial charge in [-0.1, -0.05) is 37.6 Å². The van der Waals surface area contributed by atoms with E-state index >= 15 is 0 Å². The number of ketones is 1. The Labute approximate surface area is 103 Å². The minimum atomic E-state index is 0.173. The molecule has 0 saturated carbocycles. The van der Waals surface area contributed by atoms with Crippen molar-refractivity contribution in [3.63, 3.8) is 0 Å². The van der Waals surface area contributed by atoms with Crippen molar-refractivity contribution in [3.8, 4) is 0 Å². The Kier molecular flexibility index (Phi) is 5.01. The maximum absolute atomic E-state index is 11.0. The van der Waals surface area contributed by atoms with E-state index in [2.05, 4.69) is 19.9 Å². The third kappa shape index (κ3) is 3.34. The van der Waals surface area contributed by atoms with Gasteiger partial charge in [-0.15, -0.1) is 0 Å². The molecule has 0 unspecified atom stereocenters. The van der Waals surface area contributed by atoms with Crippen LogP contribution in [0.5, 0.6) is 0 Å².